The predicted octanol–water partition coefficient (Wildman–Crippen LogP) is 11.9. The number of aromatic nitrogens is 2. The largest absolute Gasteiger partial charge is 0.309 e. The molecule has 0 radical (unpaired) electrons. The molecule has 0 aliphatic carbocycles. The van der Waals surface area contributed by atoms with Crippen molar-refractivity contribution in [2.75, 3.05) is 0 Å². The van der Waals surface area contributed by atoms with E-state index >= 15 is 0 Å². The number of hydrogen-bond acceptors (Lipinski definition) is 0. The van der Waals surface area contributed by atoms with Crippen molar-refractivity contribution in [3.8, 4) is 22.5 Å². The Morgan fingerprint density at radius 3 is 1.87 bits per heavy atom. The molecule has 8 aromatic carbocycles. The third-order valence-electron chi connectivity index (χ3n) is 9.38. The van der Waals surface area contributed by atoms with Crippen LogP contribution >= 0.6 is 0 Å². The monoisotopic (exact) mass is 589 g/mol. The topological polar surface area (TPSA) is 9.86 Å². The first-order chi connectivity index (χ1) is 24.9. The Labute approximate surface area is 273 Å². The van der Waals surface area contributed by atoms with Gasteiger partial charge < -0.3 is 9.13 Å². The van der Waals surface area contributed by atoms with E-state index in [4.69, 9.17) is 6.85 Å². The van der Waals surface area contributed by atoms with Crippen LogP contribution in [0.2, 0.25) is 0 Å². The molecule has 0 amide bonds. The van der Waals surface area contributed by atoms with Crippen LogP contribution in [0.25, 0.3) is 87.7 Å². The first-order valence-corrected chi connectivity index (χ1v) is 15.5. The highest BCUT2D eigenvalue weighted by molar-refractivity contribution is 6.25. The molecule has 0 saturated heterocycles. The van der Waals surface area contributed by atoms with Crippen molar-refractivity contribution in [1.29, 1.82) is 0 Å². The summed E-state index contributed by atoms with van der Waals surface area (Å²) in [6, 6.07) is 47.0. The fourth-order valence-electron chi connectivity index (χ4n) is 7.39. The molecule has 10 aromatic rings. The van der Waals surface area contributed by atoms with E-state index in [0.29, 0.717) is 0 Å². The molecule has 0 fully saturated rings. The van der Waals surface area contributed by atoms with E-state index in [1.807, 2.05) is 28.8 Å². The van der Waals surface area contributed by atoms with E-state index in [-0.39, 0.29) is 29.9 Å². The zero-order valence-electron chi connectivity index (χ0n) is 29.7. The number of benzene rings is 8. The minimum Gasteiger partial charge on any atom is -0.309 e. The molecule has 0 atom stereocenters. The van der Waals surface area contributed by atoms with Crippen molar-refractivity contribution < 1.29 is 6.85 Å². The van der Waals surface area contributed by atoms with Crippen molar-refractivity contribution in [3.63, 3.8) is 0 Å². The second-order valence-corrected chi connectivity index (χ2v) is 11.8. The summed E-state index contributed by atoms with van der Waals surface area (Å²) >= 11 is 0. The van der Waals surface area contributed by atoms with Crippen LogP contribution in [0.4, 0.5) is 0 Å². The molecule has 0 unspecified atom stereocenters. The summed E-state index contributed by atoms with van der Waals surface area (Å²) in [6.45, 7) is 0. The van der Waals surface area contributed by atoms with Gasteiger partial charge in [0.1, 0.15) is 0 Å². The summed E-state index contributed by atoms with van der Waals surface area (Å²) in [5, 5.41) is 8.83. The fourth-order valence-corrected chi connectivity index (χ4v) is 7.39. The lowest BCUT2D eigenvalue weighted by molar-refractivity contribution is 1.16. The minimum absolute atomic E-state index is 0.138. The van der Waals surface area contributed by atoms with Crippen LogP contribution < -0.4 is 0 Å². The summed E-state index contributed by atoms with van der Waals surface area (Å²) in [4.78, 5) is 0. The van der Waals surface area contributed by atoms with Crippen LogP contribution in [-0.2, 0) is 0 Å². The van der Waals surface area contributed by atoms with E-state index < -0.39 is 6.04 Å². The van der Waals surface area contributed by atoms with Crippen molar-refractivity contribution in [2.24, 2.45) is 0 Å². The second-order valence-electron chi connectivity index (χ2n) is 11.8. The second kappa shape index (κ2) is 9.69. The zero-order chi connectivity index (χ0) is 34.5. The lowest BCUT2D eigenvalue weighted by Gasteiger charge is -2.12. The third-order valence-corrected chi connectivity index (χ3v) is 9.38. The Bertz CT molecular complexity index is 3050. The number of fused-ring (bicyclic) bond motifs is 9. The van der Waals surface area contributed by atoms with E-state index in [0.717, 1.165) is 65.6 Å². The zero-order valence-corrected chi connectivity index (χ0v) is 24.7. The molecule has 0 spiro atoms. The van der Waals surface area contributed by atoms with Crippen molar-refractivity contribution in [2.45, 2.75) is 0 Å². The van der Waals surface area contributed by atoms with Gasteiger partial charge in [-0.25, -0.2) is 0 Å². The highest BCUT2D eigenvalue weighted by Gasteiger charge is 2.20. The van der Waals surface area contributed by atoms with Gasteiger partial charge >= 0.3 is 0 Å². The van der Waals surface area contributed by atoms with Gasteiger partial charge in [0.15, 0.2) is 0 Å². The highest BCUT2D eigenvalue weighted by Crippen LogP contribution is 2.42. The van der Waals surface area contributed by atoms with Gasteiger partial charge in [-0.15, -0.1) is 0 Å². The maximum atomic E-state index is 8.92. The van der Waals surface area contributed by atoms with E-state index in [2.05, 4.69) is 120 Å². The average molecular weight is 590 g/mol. The lowest BCUT2D eigenvalue weighted by atomic mass is 9.98. The van der Waals surface area contributed by atoms with Crippen LogP contribution in [0, 0.1) is 0 Å². The standard InChI is InChI=1S/C44H28N2/c1-2-14-32(15-3-1)45-40-20-9-8-18-37(40)38-27-39-43(28-42(38)45)46(41-26-23-30-12-5-7-17-36(30)44(39)41)33-24-21-31(22-25-33)35-19-10-13-29-11-4-6-16-34(29)35/h1-28H/i1D,2D,3D,14D,15D. The number of nitrogens with zero attached hydrogens (tertiary/aromatic N) is 2. The summed E-state index contributed by atoms with van der Waals surface area (Å²) in [5.41, 5.74) is 7.01. The molecular formula is C44H28N2. The van der Waals surface area contributed by atoms with E-state index in [9.17, 15) is 0 Å². The van der Waals surface area contributed by atoms with Gasteiger partial charge in [-0.3, -0.25) is 0 Å². The molecule has 2 heteroatoms. The van der Waals surface area contributed by atoms with Crippen LogP contribution in [0.15, 0.2) is 170 Å². The summed E-state index contributed by atoms with van der Waals surface area (Å²) in [5.74, 6) is 0. The van der Waals surface area contributed by atoms with Gasteiger partial charge in [-0.05, 0) is 81.2 Å². The van der Waals surface area contributed by atoms with Gasteiger partial charge in [0.25, 0.3) is 0 Å². The molecule has 0 saturated carbocycles. The van der Waals surface area contributed by atoms with Crippen LogP contribution in [-0.4, -0.2) is 9.13 Å². The summed E-state index contributed by atoms with van der Waals surface area (Å²) < 4.78 is 47.2. The Kier molecular flexibility index (Phi) is 4.37. The molecule has 2 nitrogen and oxygen atoms in total. The van der Waals surface area contributed by atoms with Crippen LogP contribution in [0.5, 0.6) is 0 Å². The van der Waals surface area contributed by atoms with Crippen molar-refractivity contribution >= 4 is 65.2 Å². The number of para-hydroxylation sites is 2. The maximum Gasteiger partial charge on any atom is 0.0645 e. The molecular weight excluding hydrogens is 556 g/mol. The lowest BCUT2D eigenvalue weighted by Crippen LogP contribution is -1.96. The molecule has 2 heterocycles. The maximum absolute atomic E-state index is 8.92. The molecule has 0 aliphatic heterocycles. The SMILES string of the molecule is [2H]c1c([2H])c([2H])c(-n2c3ccccc3c3cc4c5c6ccccc6ccc5n(-c5ccc(-c6cccc7ccccc67)cc5)c4cc32)c([2H])c1[2H]. The third kappa shape index (κ3) is 3.59. The highest BCUT2D eigenvalue weighted by atomic mass is 15.0. The van der Waals surface area contributed by atoms with Gasteiger partial charge in [-0.1, -0.05) is 121 Å². The van der Waals surface area contributed by atoms with Gasteiger partial charge in [-0.2, -0.15) is 0 Å². The minimum atomic E-state index is -0.407. The Morgan fingerprint density at radius 2 is 1.04 bits per heavy atom. The van der Waals surface area contributed by atoms with Gasteiger partial charge in [0, 0.05) is 32.9 Å². The Balaban J connectivity index is 1.32. The quantitative estimate of drug-likeness (QED) is 0.194. The normalized spacial score (nSPS) is 13.4. The molecule has 214 valence electrons. The van der Waals surface area contributed by atoms with E-state index in [1.165, 1.54) is 16.3 Å². The molecule has 2 aromatic heterocycles. The summed E-state index contributed by atoms with van der Waals surface area (Å²) in [7, 11) is 0. The van der Waals surface area contributed by atoms with Crippen molar-refractivity contribution in [3.05, 3.63) is 170 Å². The molecule has 0 aliphatic rings. The van der Waals surface area contributed by atoms with E-state index in [1.54, 1.807) is 0 Å². The molecule has 46 heavy (non-hydrogen) atoms. The molecule has 0 bridgehead atoms. The average Bonchev–Trinajstić information content (AvgIpc) is 3.67. The van der Waals surface area contributed by atoms with Crippen LogP contribution in [0.3, 0.4) is 0 Å². The fraction of sp³-hybridized carbons (Fsp3) is 0. The van der Waals surface area contributed by atoms with Gasteiger partial charge in [0.05, 0.1) is 28.9 Å². The smallest absolute Gasteiger partial charge is 0.0645 e. The van der Waals surface area contributed by atoms with Gasteiger partial charge in [0.2, 0.25) is 0 Å². The number of rotatable bonds is 3. The first-order valence-electron chi connectivity index (χ1n) is 18.0. The van der Waals surface area contributed by atoms with Crippen molar-refractivity contribution in [1.82, 2.24) is 9.13 Å². The van der Waals surface area contributed by atoms with Crippen LogP contribution in [0.1, 0.15) is 6.85 Å². The molecule has 0 N–H and O–H groups in total. The Hall–Kier alpha value is -6.12. The predicted molar refractivity (Wildman–Crippen MR) is 196 cm³/mol. The molecule has 10 rings (SSSR count). The summed E-state index contributed by atoms with van der Waals surface area (Å²) in [6.07, 6.45) is 0. The first kappa shape index (κ1) is 20.8. The Morgan fingerprint density at radius 1 is 0.391 bits per heavy atom. The number of hydrogen-bond donors (Lipinski definition) is 0.